The summed E-state index contributed by atoms with van der Waals surface area (Å²) in [6.45, 7) is 3.08. The molecule has 0 bridgehead atoms. The van der Waals surface area contributed by atoms with Crippen molar-refractivity contribution in [1.82, 2.24) is 9.97 Å². The van der Waals surface area contributed by atoms with E-state index in [4.69, 9.17) is 0 Å². The summed E-state index contributed by atoms with van der Waals surface area (Å²) in [4.78, 5) is 8.53. The number of anilines is 1. The standard InChI is InChI=1S/C12H17N3/c1-9-6-13-11(14-7-9)15-8-12(4-5-12)10-2-3-10/h6-7,10H,2-5,8H2,1H3,(H,13,14,15). The molecule has 0 unspecified atom stereocenters. The molecule has 1 aromatic rings. The molecule has 3 nitrogen and oxygen atoms in total. The van der Waals surface area contributed by atoms with Crippen molar-refractivity contribution in [3.8, 4) is 0 Å². The Kier molecular flexibility index (Phi) is 1.94. The highest BCUT2D eigenvalue weighted by molar-refractivity contribution is 5.26. The smallest absolute Gasteiger partial charge is 0.222 e. The lowest BCUT2D eigenvalue weighted by molar-refractivity contribution is 0.465. The highest BCUT2D eigenvalue weighted by atomic mass is 15.1. The fourth-order valence-electron chi connectivity index (χ4n) is 2.32. The molecule has 1 aromatic heterocycles. The van der Waals surface area contributed by atoms with E-state index in [0.717, 1.165) is 24.0 Å². The van der Waals surface area contributed by atoms with Crippen molar-refractivity contribution >= 4 is 5.95 Å². The van der Waals surface area contributed by atoms with E-state index in [1.807, 2.05) is 19.3 Å². The lowest BCUT2D eigenvalue weighted by atomic mass is 10.0. The average Bonchev–Trinajstić information content (AvgIpc) is 3.10. The zero-order chi connectivity index (χ0) is 10.3. The summed E-state index contributed by atoms with van der Waals surface area (Å²) < 4.78 is 0. The molecule has 0 spiro atoms. The SMILES string of the molecule is Cc1cnc(NCC2(C3CC3)CC2)nc1. The first-order valence-electron chi connectivity index (χ1n) is 5.81. The topological polar surface area (TPSA) is 37.8 Å². The number of nitrogens with one attached hydrogen (secondary N) is 1. The highest BCUT2D eigenvalue weighted by Crippen LogP contribution is 2.61. The molecule has 15 heavy (non-hydrogen) atoms. The Bertz CT molecular complexity index is 350. The Morgan fingerprint density at radius 3 is 2.53 bits per heavy atom. The molecule has 0 saturated heterocycles. The molecule has 2 saturated carbocycles. The van der Waals surface area contributed by atoms with E-state index in [0.29, 0.717) is 5.41 Å². The maximum absolute atomic E-state index is 4.27. The van der Waals surface area contributed by atoms with Crippen LogP contribution in [0.5, 0.6) is 0 Å². The monoisotopic (exact) mass is 203 g/mol. The average molecular weight is 203 g/mol. The molecule has 0 amide bonds. The second kappa shape index (κ2) is 3.19. The summed E-state index contributed by atoms with van der Waals surface area (Å²) in [5.74, 6) is 1.78. The molecule has 3 rings (SSSR count). The third-order valence-electron chi connectivity index (χ3n) is 3.72. The third-order valence-corrected chi connectivity index (χ3v) is 3.72. The molecule has 1 N–H and O–H groups in total. The fraction of sp³-hybridized carbons (Fsp3) is 0.667. The van der Waals surface area contributed by atoms with Gasteiger partial charge in [-0.05, 0) is 49.5 Å². The summed E-state index contributed by atoms with van der Waals surface area (Å²) in [5, 5.41) is 3.37. The van der Waals surface area contributed by atoms with Crippen molar-refractivity contribution in [2.24, 2.45) is 11.3 Å². The molecule has 2 fully saturated rings. The van der Waals surface area contributed by atoms with E-state index >= 15 is 0 Å². The van der Waals surface area contributed by atoms with E-state index in [1.165, 1.54) is 25.7 Å². The van der Waals surface area contributed by atoms with Gasteiger partial charge in [0.05, 0.1) is 0 Å². The van der Waals surface area contributed by atoms with Gasteiger partial charge in [0.15, 0.2) is 0 Å². The molecule has 0 radical (unpaired) electrons. The zero-order valence-corrected chi connectivity index (χ0v) is 9.16. The van der Waals surface area contributed by atoms with Crippen molar-refractivity contribution in [2.45, 2.75) is 32.6 Å². The molecular formula is C12H17N3. The second-order valence-electron chi connectivity index (χ2n) is 5.07. The van der Waals surface area contributed by atoms with Crippen molar-refractivity contribution in [3.05, 3.63) is 18.0 Å². The second-order valence-corrected chi connectivity index (χ2v) is 5.07. The van der Waals surface area contributed by atoms with Crippen molar-refractivity contribution in [1.29, 1.82) is 0 Å². The fourth-order valence-corrected chi connectivity index (χ4v) is 2.32. The molecule has 0 atom stereocenters. The van der Waals surface area contributed by atoms with Gasteiger partial charge >= 0.3 is 0 Å². The van der Waals surface area contributed by atoms with Crippen LogP contribution >= 0.6 is 0 Å². The van der Waals surface area contributed by atoms with Crippen LogP contribution in [0.25, 0.3) is 0 Å². The summed E-state index contributed by atoms with van der Waals surface area (Å²) in [6.07, 6.45) is 9.41. The molecular weight excluding hydrogens is 186 g/mol. The molecule has 80 valence electrons. The summed E-state index contributed by atoms with van der Waals surface area (Å²) in [5.41, 5.74) is 1.73. The zero-order valence-electron chi connectivity index (χ0n) is 9.16. The van der Waals surface area contributed by atoms with E-state index in [9.17, 15) is 0 Å². The Morgan fingerprint density at radius 1 is 1.33 bits per heavy atom. The lowest BCUT2D eigenvalue weighted by Gasteiger charge is -2.14. The van der Waals surface area contributed by atoms with Crippen LogP contribution in [0.3, 0.4) is 0 Å². The van der Waals surface area contributed by atoms with Crippen molar-refractivity contribution in [2.75, 3.05) is 11.9 Å². The highest BCUT2D eigenvalue weighted by Gasteiger charge is 2.53. The van der Waals surface area contributed by atoms with Crippen LogP contribution in [-0.2, 0) is 0 Å². The van der Waals surface area contributed by atoms with Gasteiger partial charge in [0.25, 0.3) is 0 Å². The van der Waals surface area contributed by atoms with Crippen LogP contribution < -0.4 is 5.32 Å². The van der Waals surface area contributed by atoms with Crippen LogP contribution in [0.15, 0.2) is 12.4 Å². The number of hydrogen-bond acceptors (Lipinski definition) is 3. The van der Waals surface area contributed by atoms with Gasteiger partial charge in [0.1, 0.15) is 0 Å². The Morgan fingerprint density at radius 2 is 2.00 bits per heavy atom. The van der Waals surface area contributed by atoms with Gasteiger partial charge in [-0.2, -0.15) is 0 Å². The van der Waals surface area contributed by atoms with Crippen LogP contribution in [0.2, 0.25) is 0 Å². The van der Waals surface area contributed by atoms with E-state index in [-0.39, 0.29) is 0 Å². The minimum absolute atomic E-state index is 0.619. The minimum atomic E-state index is 0.619. The van der Waals surface area contributed by atoms with Crippen LogP contribution in [0.1, 0.15) is 31.2 Å². The predicted molar refractivity (Wildman–Crippen MR) is 59.6 cm³/mol. The Labute approximate surface area is 90.3 Å². The van der Waals surface area contributed by atoms with E-state index in [2.05, 4.69) is 15.3 Å². The molecule has 2 aliphatic carbocycles. The Balaban J connectivity index is 1.59. The minimum Gasteiger partial charge on any atom is -0.354 e. The quantitative estimate of drug-likeness (QED) is 0.816. The van der Waals surface area contributed by atoms with Gasteiger partial charge in [0.2, 0.25) is 5.95 Å². The van der Waals surface area contributed by atoms with E-state index in [1.54, 1.807) is 0 Å². The summed E-state index contributed by atoms with van der Waals surface area (Å²) in [7, 11) is 0. The van der Waals surface area contributed by atoms with Gasteiger partial charge in [-0.15, -0.1) is 0 Å². The number of aryl methyl sites for hydroxylation is 1. The van der Waals surface area contributed by atoms with Gasteiger partial charge in [-0.1, -0.05) is 0 Å². The van der Waals surface area contributed by atoms with Crippen LogP contribution in [0, 0.1) is 18.3 Å². The number of hydrogen-bond donors (Lipinski definition) is 1. The molecule has 0 aliphatic heterocycles. The number of aromatic nitrogens is 2. The normalized spacial score (nSPS) is 22.5. The van der Waals surface area contributed by atoms with Crippen molar-refractivity contribution in [3.63, 3.8) is 0 Å². The molecule has 0 aromatic carbocycles. The van der Waals surface area contributed by atoms with Crippen LogP contribution in [-0.4, -0.2) is 16.5 Å². The lowest BCUT2D eigenvalue weighted by Crippen LogP contribution is -2.18. The predicted octanol–water partition coefficient (Wildman–Crippen LogP) is 2.39. The van der Waals surface area contributed by atoms with Gasteiger partial charge in [-0.25, -0.2) is 9.97 Å². The Hall–Kier alpha value is -1.12. The molecule has 3 heteroatoms. The number of nitrogens with zero attached hydrogens (tertiary/aromatic N) is 2. The van der Waals surface area contributed by atoms with Gasteiger partial charge < -0.3 is 5.32 Å². The maximum Gasteiger partial charge on any atom is 0.222 e. The van der Waals surface area contributed by atoms with Gasteiger partial charge in [0, 0.05) is 18.9 Å². The van der Waals surface area contributed by atoms with E-state index < -0.39 is 0 Å². The first-order chi connectivity index (χ1) is 7.28. The largest absolute Gasteiger partial charge is 0.354 e. The third kappa shape index (κ3) is 1.83. The number of rotatable bonds is 4. The molecule has 1 heterocycles. The van der Waals surface area contributed by atoms with Gasteiger partial charge in [-0.3, -0.25) is 0 Å². The summed E-state index contributed by atoms with van der Waals surface area (Å²) >= 11 is 0. The first-order valence-corrected chi connectivity index (χ1v) is 5.81. The molecule has 2 aliphatic rings. The maximum atomic E-state index is 4.27. The first kappa shape index (κ1) is 9.13. The van der Waals surface area contributed by atoms with Crippen molar-refractivity contribution < 1.29 is 0 Å². The van der Waals surface area contributed by atoms with Crippen LogP contribution in [0.4, 0.5) is 5.95 Å². The summed E-state index contributed by atoms with van der Waals surface area (Å²) in [6, 6.07) is 0.